The highest BCUT2D eigenvalue weighted by Gasteiger charge is 2.19. The number of nitrogens with two attached hydrogens (primary N) is 1. The number of carbonyl (C=O) groups is 1. The maximum absolute atomic E-state index is 13.4. The molecular formula is C15H16F3N5O5S2. The summed E-state index contributed by atoms with van der Waals surface area (Å²) in [5.41, 5.74) is 5.57. The SMILES string of the molecule is NC(=O)CS(=O)(=O)CCCSc1nonc1C(=Nc1ccc(F)c(C(F)F)c1)NO. The third-order valence-corrected chi connectivity index (χ3v) is 6.11. The first kappa shape index (κ1) is 23.6. The number of thioether (sulfide) groups is 1. The number of alkyl halides is 2. The topological polar surface area (TPSA) is 161 Å². The first-order valence-electron chi connectivity index (χ1n) is 8.14. The molecule has 0 aliphatic heterocycles. The number of aliphatic imine (C=N–C) groups is 1. The van der Waals surface area contributed by atoms with E-state index in [1.54, 1.807) is 5.48 Å². The first-order valence-corrected chi connectivity index (χ1v) is 10.9. The van der Waals surface area contributed by atoms with Gasteiger partial charge in [-0.1, -0.05) is 0 Å². The van der Waals surface area contributed by atoms with E-state index in [1.807, 2.05) is 0 Å². The Morgan fingerprint density at radius 2 is 2.10 bits per heavy atom. The lowest BCUT2D eigenvalue weighted by Crippen LogP contribution is -2.25. The molecule has 0 saturated heterocycles. The van der Waals surface area contributed by atoms with Crippen molar-refractivity contribution in [3.63, 3.8) is 0 Å². The van der Waals surface area contributed by atoms with E-state index < -0.39 is 39.3 Å². The highest BCUT2D eigenvalue weighted by molar-refractivity contribution is 7.99. The van der Waals surface area contributed by atoms with Crippen LogP contribution in [0, 0.1) is 5.82 Å². The van der Waals surface area contributed by atoms with Crippen LogP contribution in [0.25, 0.3) is 0 Å². The molecule has 0 bridgehead atoms. The normalized spacial score (nSPS) is 12.4. The van der Waals surface area contributed by atoms with E-state index in [1.165, 1.54) is 0 Å². The molecule has 0 saturated carbocycles. The molecule has 0 spiro atoms. The summed E-state index contributed by atoms with van der Waals surface area (Å²) in [5, 5.41) is 16.6. The van der Waals surface area contributed by atoms with Crippen molar-refractivity contribution in [2.45, 2.75) is 17.9 Å². The van der Waals surface area contributed by atoms with Crippen molar-refractivity contribution in [1.29, 1.82) is 0 Å². The van der Waals surface area contributed by atoms with Crippen molar-refractivity contribution in [1.82, 2.24) is 15.8 Å². The second kappa shape index (κ2) is 10.4. The van der Waals surface area contributed by atoms with Crippen molar-refractivity contribution < 1.29 is 36.2 Å². The van der Waals surface area contributed by atoms with Crippen LogP contribution < -0.4 is 11.2 Å². The summed E-state index contributed by atoms with van der Waals surface area (Å²) >= 11 is 1.02. The number of sulfone groups is 1. The Morgan fingerprint density at radius 1 is 1.37 bits per heavy atom. The van der Waals surface area contributed by atoms with Gasteiger partial charge in [-0.25, -0.2) is 31.2 Å². The highest BCUT2D eigenvalue weighted by Crippen LogP contribution is 2.27. The maximum atomic E-state index is 13.4. The zero-order valence-corrected chi connectivity index (χ0v) is 16.7. The summed E-state index contributed by atoms with van der Waals surface area (Å²) in [7, 11) is -3.62. The Labute approximate surface area is 172 Å². The van der Waals surface area contributed by atoms with Crippen LogP contribution in [0.4, 0.5) is 18.9 Å². The lowest BCUT2D eigenvalue weighted by Gasteiger charge is -2.06. The van der Waals surface area contributed by atoms with Gasteiger partial charge in [0.25, 0.3) is 6.43 Å². The maximum Gasteiger partial charge on any atom is 0.266 e. The minimum Gasteiger partial charge on any atom is -0.369 e. The van der Waals surface area contributed by atoms with Gasteiger partial charge in [-0.3, -0.25) is 15.5 Å². The van der Waals surface area contributed by atoms with Gasteiger partial charge in [0.1, 0.15) is 11.6 Å². The Balaban J connectivity index is 2.11. The van der Waals surface area contributed by atoms with Crippen LogP contribution in [0.1, 0.15) is 24.1 Å². The van der Waals surface area contributed by atoms with Crippen molar-refractivity contribution in [3.8, 4) is 0 Å². The number of rotatable bonds is 10. The average Bonchev–Trinajstić information content (AvgIpc) is 3.11. The minimum absolute atomic E-state index is 0.0783. The minimum atomic E-state index is -3.62. The summed E-state index contributed by atoms with van der Waals surface area (Å²) < 4.78 is 66.9. The van der Waals surface area contributed by atoms with Crippen LogP contribution in [0.15, 0.2) is 32.8 Å². The molecule has 1 amide bonds. The van der Waals surface area contributed by atoms with Gasteiger partial charge in [0.05, 0.1) is 17.0 Å². The molecule has 10 nitrogen and oxygen atoms in total. The third kappa shape index (κ3) is 6.70. The molecule has 164 valence electrons. The highest BCUT2D eigenvalue weighted by atomic mass is 32.2. The van der Waals surface area contributed by atoms with Crippen LogP contribution in [0.2, 0.25) is 0 Å². The molecule has 1 heterocycles. The first-order chi connectivity index (χ1) is 14.1. The number of nitrogens with one attached hydrogen (secondary N) is 1. The van der Waals surface area contributed by atoms with Crippen molar-refractivity contribution >= 4 is 39.0 Å². The van der Waals surface area contributed by atoms with Gasteiger partial charge >= 0.3 is 0 Å². The molecule has 0 aliphatic rings. The van der Waals surface area contributed by atoms with Crippen molar-refractivity contribution in [2.75, 3.05) is 17.3 Å². The van der Waals surface area contributed by atoms with Crippen LogP contribution >= 0.6 is 11.8 Å². The number of nitrogens with zero attached hydrogens (tertiary/aromatic N) is 3. The zero-order chi connectivity index (χ0) is 22.3. The van der Waals surface area contributed by atoms with Crippen molar-refractivity contribution in [2.24, 2.45) is 10.7 Å². The molecule has 2 rings (SSSR count). The Hall–Kier alpha value is -2.65. The van der Waals surface area contributed by atoms with Crippen LogP contribution in [-0.2, 0) is 14.6 Å². The summed E-state index contributed by atoms with van der Waals surface area (Å²) in [6.07, 6.45) is -2.90. The second-order valence-electron chi connectivity index (χ2n) is 5.76. The fourth-order valence-corrected chi connectivity index (χ4v) is 4.37. The fourth-order valence-electron chi connectivity index (χ4n) is 2.18. The van der Waals surface area contributed by atoms with Gasteiger partial charge in [-0.15, -0.1) is 11.8 Å². The number of hydroxylamine groups is 1. The molecule has 15 heteroatoms. The number of aromatic nitrogens is 2. The van der Waals surface area contributed by atoms with E-state index in [-0.39, 0.29) is 40.2 Å². The van der Waals surface area contributed by atoms with Gasteiger partial charge in [0.2, 0.25) is 5.91 Å². The van der Waals surface area contributed by atoms with E-state index in [9.17, 15) is 31.6 Å². The lowest BCUT2D eigenvalue weighted by atomic mass is 10.2. The average molecular weight is 467 g/mol. The van der Waals surface area contributed by atoms with Gasteiger partial charge in [-0.2, -0.15) is 0 Å². The molecule has 2 aromatic rings. The molecule has 0 fully saturated rings. The number of hydrogen-bond donors (Lipinski definition) is 3. The fraction of sp³-hybridized carbons (Fsp3) is 0.333. The number of amidine groups is 1. The monoisotopic (exact) mass is 467 g/mol. The number of primary amides is 1. The van der Waals surface area contributed by atoms with E-state index in [0.717, 1.165) is 30.0 Å². The number of halogens is 3. The smallest absolute Gasteiger partial charge is 0.266 e. The molecule has 1 aromatic carbocycles. The quantitative estimate of drug-likeness (QED) is 0.155. The van der Waals surface area contributed by atoms with Crippen molar-refractivity contribution in [3.05, 3.63) is 35.3 Å². The van der Waals surface area contributed by atoms with Gasteiger partial charge in [0, 0.05) is 5.75 Å². The largest absolute Gasteiger partial charge is 0.369 e. The predicted molar refractivity (Wildman–Crippen MR) is 100.0 cm³/mol. The van der Waals surface area contributed by atoms with Crippen LogP contribution in [0.5, 0.6) is 0 Å². The second-order valence-corrected chi connectivity index (χ2v) is 9.02. The standard InChI is InChI=1S/C15H16F3N5O5S2/c16-10-3-2-8(6-9(10)13(17)18)20-14(21-25)12-15(23-28-22-12)29-4-1-5-30(26,27)7-11(19)24/h2-3,6,13,25H,1,4-5,7H2,(H2,19,24)(H,20,21). The van der Waals surface area contributed by atoms with E-state index >= 15 is 0 Å². The molecular weight excluding hydrogens is 451 g/mol. The number of carbonyl (C=O) groups excluding carboxylic acids is 1. The van der Waals surface area contributed by atoms with E-state index in [2.05, 4.69) is 19.9 Å². The number of benzene rings is 1. The molecule has 30 heavy (non-hydrogen) atoms. The van der Waals surface area contributed by atoms with Gasteiger partial charge in [0.15, 0.2) is 26.4 Å². The van der Waals surface area contributed by atoms with E-state index in [4.69, 9.17) is 5.73 Å². The molecule has 1 aromatic heterocycles. The Morgan fingerprint density at radius 3 is 2.73 bits per heavy atom. The third-order valence-electron chi connectivity index (χ3n) is 3.44. The number of amides is 1. The van der Waals surface area contributed by atoms with Crippen LogP contribution in [0.3, 0.4) is 0 Å². The molecule has 0 unspecified atom stereocenters. The lowest BCUT2D eigenvalue weighted by molar-refractivity contribution is -0.115. The summed E-state index contributed by atoms with van der Waals surface area (Å²) in [5.74, 6) is -3.17. The number of hydrogen-bond acceptors (Lipinski definition) is 9. The predicted octanol–water partition coefficient (Wildman–Crippen LogP) is 1.59. The Kier molecular flexibility index (Phi) is 8.19. The summed E-state index contributed by atoms with van der Waals surface area (Å²) in [6, 6.07) is 2.72. The molecule has 4 N–H and O–H groups in total. The van der Waals surface area contributed by atoms with E-state index in [0.29, 0.717) is 0 Å². The molecule has 0 aliphatic carbocycles. The zero-order valence-electron chi connectivity index (χ0n) is 15.1. The van der Waals surface area contributed by atoms with Gasteiger partial charge in [-0.05, 0) is 34.9 Å². The molecule has 0 radical (unpaired) electrons. The molecule has 0 atom stereocenters. The van der Waals surface area contributed by atoms with Gasteiger partial charge < -0.3 is 5.73 Å². The Bertz CT molecular complexity index is 1030. The van der Waals surface area contributed by atoms with Crippen LogP contribution in [-0.4, -0.2) is 52.9 Å². The summed E-state index contributed by atoms with van der Waals surface area (Å²) in [4.78, 5) is 14.6. The summed E-state index contributed by atoms with van der Waals surface area (Å²) in [6.45, 7) is 0.